The lowest BCUT2D eigenvalue weighted by Crippen LogP contribution is -2.32. The van der Waals surface area contributed by atoms with Crippen LogP contribution in [0.25, 0.3) is 5.69 Å². The molecule has 2 aromatic rings. The van der Waals surface area contributed by atoms with E-state index in [1.807, 2.05) is 0 Å². The first-order valence-corrected chi connectivity index (χ1v) is 6.88. The molecule has 1 heterocycles. The molecular formula is C14H18FN5O. The summed E-state index contributed by atoms with van der Waals surface area (Å²) in [4.78, 5) is 13.2. The smallest absolute Gasteiger partial charge is 0.273 e. The predicted octanol–water partition coefficient (Wildman–Crippen LogP) is 1.14. The monoisotopic (exact) mass is 291 g/mol. The predicted molar refractivity (Wildman–Crippen MR) is 76.8 cm³/mol. The molecular weight excluding hydrogens is 273 g/mol. The Balaban J connectivity index is 1.90. The second kappa shape index (κ2) is 7.49. The molecule has 21 heavy (non-hydrogen) atoms. The van der Waals surface area contributed by atoms with Crippen LogP contribution in [0.3, 0.4) is 0 Å². The van der Waals surface area contributed by atoms with Crippen LogP contribution in [0.2, 0.25) is 0 Å². The SMILES string of the molecule is CCCNCCNC(=O)c1cnn(-c2ccc(F)cc2)n1. The first-order chi connectivity index (χ1) is 10.2. The highest BCUT2D eigenvalue weighted by Gasteiger charge is 2.10. The molecule has 1 aromatic heterocycles. The van der Waals surface area contributed by atoms with Crippen molar-refractivity contribution in [1.82, 2.24) is 25.6 Å². The van der Waals surface area contributed by atoms with Crippen LogP contribution >= 0.6 is 0 Å². The number of rotatable bonds is 7. The van der Waals surface area contributed by atoms with Crippen molar-refractivity contribution in [3.8, 4) is 5.69 Å². The maximum absolute atomic E-state index is 12.8. The highest BCUT2D eigenvalue weighted by molar-refractivity contribution is 5.91. The summed E-state index contributed by atoms with van der Waals surface area (Å²) in [7, 11) is 0. The maximum Gasteiger partial charge on any atom is 0.273 e. The second-order valence-electron chi connectivity index (χ2n) is 4.50. The van der Waals surface area contributed by atoms with Crippen LogP contribution in [-0.4, -0.2) is 40.5 Å². The third kappa shape index (κ3) is 4.35. The van der Waals surface area contributed by atoms with Crippen LogP contribution in [0.1, 0.15) is 23.8 Å². The fourth-order valence-electron chi connectivity index (χ4n) is 1.72. The Morgan fingerprint density at radius 2 is 2.00 bits per heavy atom. The molecule has 0 saturated heterocycles. The van der Waals surface area contributed by atoms with Gasteiger partial charge in [-0.15, -0.1) is 5.10 Å². The standard InChI is InChI=1S/C14H18FN5O/c1-2-7-16-8-9-17-14(21)13-10-18-20(19-13)12-5-3-11(15)4-6-12/h3-6,10,16H,2,7-9H2,1H3,(H,17,21). The Morgan fingerprint density at radius 1 is 1.24 bits per heavy atom. The van der Waals surface area contributed by atoms with E-state index < -0.39 is 0 Å². The number of nitrogens with zero attached hydrogens (tertiary/aromatic N) is 3. The minimum absolute atomic E-state index is 0.231. The summed E-state index contributed by atoms with van der Waals surface area (Å²) in [6.07, 6.45) is 2.44. The lowest BCUT2D eigenvalue weighted by molar-refractivity contribution is 0.0948. The summed E-state index contributed by atoms with van der Waals surface area (Å²) >= 11 is 0. The molecule has 6 nitrogen and oxygen atoms in total. The largest absolute Gasteiger partial charge is 0.349 e. The summed E-state index contributed by atoms with van der Waals surface area (Å²) in [5.41, 5.74) is 0.829. The first kappa shape index (κ1) is 15.1. The van der Waals surface area contributed by atoms with Crippen molar-refractivity contribution in [2.75, 3.05) is 19.6 Å². The van der Waals surface area contributed by atoms with Crippen molar-refractivity contribution < 1.29 is 9.18 Å². The van der Waals surface area contributed by atoms with Crippen molar-refractivity contribution in [1.29, 1.82) is 0 Å². The number of amides is 1. The molecule has 2 rings (SSSR count). The molecule has 1 aromatic carbocycles. The van der Waals surface area contributed by atoms with Crippen LogP contribution in [0, 0.1) is 5.82 Å². The topological polar surface area (TPSA) is 71.8 Å². The maximum atomic E-state index is 12.8. The zero-order valence-electron chi connectivity index (χ0n) is 11.8. The van der Waals surface area contributed by atoms with Gasteiger partial charge in [0.25, 0.3) is 5.91 Å². The van der Waals surface area contributed by atoms with Gasteiger partial charge in [-0.3, -0.25) is 4.79 Å². The minimum atomic E-state index is -0.330. The van der Waals surface area contributed by atoms with E-state index in [1.165, 1.54) is 23.1 Å². The minimum Gasteiger partial charge on any atom is -0.349 e. The quantitative estimate of drug-likeness (QED) is 0.750. The van der Waals surface area contributed by atoms with Crippen molar-refractivity contribution in [3.05, 3.63) is 42.0 Å². The van der Waals surface area contributed by atoms with Gasteiger partial charge >= 0.3 is 0 Å². The average molecular weight is 291 g/mol. The van der Waals surface area contributed by atoms with E-state index >= 15 is 0 Å². The van der Waals surface area contributed by atoms with Crippen molar-refractivity contribution in [3.63, 3.8) is 0 Å². The third-order valence-electron chi connectivity index (χ3n) is 2.80. The Labute approximate surface area is 122 Å². The highest BCUT2D eigenvalue weighted by Crippen LogP contribution is 2.06. The molecule has 0 unspecified atom stereocenters. The fraction of sp³-hybridized carbons (Fsp3) is 0.357. The molecule has 0 atom stereocenters. The highest BCUT2D eigenvalue weighted by atomic mass is 19.1. The van der Waals surface area contributed by atoms with Crippen LogP contribution in [0.4, 0.5) is 4.39 Å². The van der Waals surface area contributed by atoms with E-state index in [4.69, 9.17) is 0 Å². The van der Waals surface area contributed by atoms with E-state index in [9.17, 15) is 9.18 Å². The Hall–Kier alpha value is -2.28. The van der Waals surface area contributed by atoms with Gasteiger partial charge in [0.2, 0.25) is 0 Å². The molecule has 1 amide bonds. The van der Waals surface area contributed by atoms with Crippen LogP contribution < -0.4 is 10.6 Å². The van der Waals surface area contributed by atoms with Crippen molar-refractivity contribution in [2.45, 2.75) is 13.3 Å². The number of benzene rings is 1. The molecule has 0 aliphatic heterocycles. The van der Waals surface area contributed by atoms with Gasteiger partial charge in [-0.25, -0.2) is 4.39 Å². The molecule has 7 heteroatoms. The number of aromatic nitrogens is 3. The molecule has 2 N–H and O–H groups in total. The summed E-state index contributed by atoms with van der Waals surface area (Å²) in [6.45, 7) is 4.25. The molecule has 112 valence electrons. The van der Waals surface area contributed by atoms with Gasteiger partial charge < -0.3 is 10.6 Å². The normalized spacial score (nSPS) is 10.6. The molecule has 0 bridgehead atoms. The van der Waals surface area contributed by atoms with Crippen molar-refractivity contribution >= 4 is 5.91 Å². The van der Waals surface area contributed by atoms with Gasteiger partial charge in [-0.2, -0.15) is 9.90 Å². The van der Waals surface area contributed by atoms with Crippen LogP contribution in [0.15, 0.2) is 30.5 Å². The molecule has 0 saturated carbocycles. The van der Waals surface area contributed by atoms with Gasteiger partial charge in [-0.05, 0) is 37.2 Å². The zero-order chi connectivity index (χ0) is 15.1. The Morgan fingerprint density at radius 3 is 2.71 bits per heavy atom. The fourth-order valence-corrected chi connectivity index (χ4v) is 1.72. The number of hydrogen-bond donors (Lipinski definition) is 2. The molecule has 0 aliphatic carbocycles. The van der Waals surface area contributed by atoms with Gasteiger partial charge in [-0.1, -0.05) is 6.92 Å². The lowest BCUT2D eigenvalue weighted by atomic mass is 10.3. The van der Waals surface area contributed by atoms with E-state index in [2.05, 4.69) is 27.8 Å². The number of halogens is 1. The molecule has 0 spiro atoms. The summed E-state index contributed by atoms with van der Waals surface area (Å²) in [5, 5.41) is 14.0. The van der Waals surface area contributed by atoms with Crippen LogP contribution in [0.5, 0.6) is 0 Å². The van der Waals surface area contributed by atoms with Crippen LogP contribution in [-0.2, 0) is 0 Å². The Kier molecular flexibility index (Phi) is 5.39. The van der Waals surface area contributed by atoms with Gasteiger partial charge in [0.05, 0.1) is 11.9 Å². The van der Waals surface area contributed by atoms with Gasteiger partial charge in [0.15, 0.2) is 5.69 Å². The summed E-state index contributed by atoms with van der Waals surface area (Å²) in [6, 6.07) is 5.73. The number of carbonyl (C=O) groups is 1. The summed E-state index contributed by atoms with van der Waals surface area (Å²) in [5.74, 6) is -0.606. The number of hydrogen-bond acceptors (Lipinski definition) is 4. The third-order valence-corrected chi connectivity index (χ3v) is 2.80. The Bertz CT molecular complexity index is 581. The molecule has 0 aliphatic rings. The van der Waals surface area contributed by atoms with Crippen molar-refractivity contribution in [2.24, 2.45) is 0 Å². The van der Waals surface area contributed by atoms with E-state index in [-0.39, 0.29) is 17.4 Å². The van der Waals surface area contributed by atoms with Gasteiger partial charge in [0, 0.05) is 13.1 Å². The van der Waals surface area contributed by atoms with E-state index in [0.717, 1.165) is 13.0 Å². The molecule has 0 radical (unpaired) electrons. The average Bonchev–Trinajstić information content (AvgIpc) is 2.97. The summed E-state index contributed by atoms with van der Waals surface area (Å²) < 4.78 is 12.8. The lowest BCUT2D eigenvalue weighted by Gasteiger charge is -2.04. The van der Waals surface area contributed by atoms with E-state index in [0.29, 0.717) is 18.8 Å². The molecule has 0 fully saturated rings. The first-order valence-electron chi connectivity index (χ1n) is 6.88. The van der Waals surface area contributed by atoms with E-state index in [1.54, 1.807) is 12.1 Å². The number of nitrogens with one attached hydrogen (secondary N) is 2. The van der Waals surface area contributed by atoms with Gasteiger partial charge in [0.1, 0.15) is 5.82 Å². The number of carbonyl (C=O) groups excluding carboxylic acids is 1. The second-order valence-corrected chi connectivity index (χ2v) is 4.50. The zero-order valence-corrected chi connectivity index (χ0v) is 11.8.